The first-order chi connectivity index (χ1) is 12.3. The maximum absolute atomic E-state index is 12.4. The molecular weight excluding hydrogens is 370 g/mol. The van der Waals surface area contributed by atoms with Crippen LogP contribution >= 0.6 is 11.3 Å². The Hall–Kier alpha value is -1.93. The van der Waals surface area contributed by atoms with Crippen LogP contribution in [-0.2, 0) is 21.2 Å². The lowest BCUT2D eigenvalue weighted by molar-refractivity contribution is -0.125. The van der Waals surface area contributed by atoms with E-state index in [0.29, 0.717) is 13.0 Å². The number of carbonyl (C=O) groups excluding carboxylic acids is 1. The van der Waals surface area contributed by atoms with Crippen LogP contribution in [0.25, 0.3) is 6.08 Å². The fourth-order valence-corrected chi connectivity index (χ4v) is 5.54. The summed E-state index contributed by atoms with van der Waals surface area (Å²) in [7, 11) is -1.20. The average molecular weight is 394 g/mol. The van der Waals surface area contributed by atoms with Crippen LogP contribution < -0.4 is 0 Å². The largest absolute Gasteiger partial charge is 0.338 e. The zero-order valence-electron chi connectivity index (χ0n) is 15.2. The van der Waals surface area contributed by atoms with Gasteiger partial charge < -0.3 is 4.90 Å². The minimum atomic E-state index is -2.96. The third-order valence-electron chi connectivity index (χ3n) is 4.73. The summed E-state index contributed by atoms with van der Waals surface area (Å²) in [4.78, 5) is 15.0. The van der Waals surface area contributed by atoms with Gasteiger partial charge in [0, 0.05) is 35.8 Å². The van der Waals surface area contributed by atoms with Gasteiger partial charge in [-0.3, -0.25) is 9.48 Å². The fourth-order valence-electron chi connectivity index (χ4n) is 3.23. The minimum Gasteiger partial charge on any atom is -0.338 e. The Morgan fingerprint density at radius 2 is 2.23 bits per heavy atom. The lowest BCUT2D eigenvalue weighted by Crippen LogP contribution is -2.24. The second kappa shape index (κ2) is 7.36. The van der Waals surface area contributed by atoms with Crippen molar-refractivity contribution < 1.29 is 13.2 Å². The molecule has 1 saturated heterocycles. The zero-order valence-corrected chi connectivity index (χ0v) is 16.8. The summed E-state index contributed by atoms with van der Waals surface area (Å²) in [5, 5.41) is 6.53. The van der Waals surface area contributed by atoms with Crippen LogP contribution in [0.1, 0.15) is 34.3 Å². The molecule has 1 atom stereocenters. The Balaban J connectivity index is 1.72. The first-order valence-corrected chi connectivity index (χ1v) is 11.2. The standard InChI is InChI=1S/C18H23N3O3S2/c1-13-17(11-20(3)18(22)7-6-16-5-4-9-25-16)14(2)21(19-13)15-8-10-26(23,24)12-15/h4-7,9,15H,8,10-12H2,1-3H3/b7-6+/t15-/m1/s1. The van der Waals surface area contributed by atoms with Gasteiger partial charge >= 0.3 is 0 Å². The number of sulfone groups is 1. The van der Waals surface area contributed by atoms with E-state index in [2.05, 4.69) is 5.10 Å². The molecule has 0 N–H and O–H groups in total. The number of aryl methyl sites for hydroxylation is 1. The van der Waals surface area contributed by atoms with Crippen LogP contribution in [0.15, 0.2) is 23.6 Å². The van der Waals surface area contributed by atoms with Crippen molar-refractivity contribution in [2.75, 3.05) is 18.6 Å². The molecule has 140 valence electrons. The molecule has 0 saturated carbocycles. The number of rotatable bonds is 5. The van der Waals surface area contributed by atoms with Gasteiger partial charge in [0.2, 0.25) is 5.91 Å². The van der Waals surface area contributed by atoms with E-state index in [0.717, 1.165) is 21.8 Å². The first kappa shape index (κ1) is 18.8. The Bertz CT molecular complexity index is 927. The molecule has 6 nitrogen and oxygen atoms in total. The van der Waals surface area contributed by atoms with Crippen LogP contribution in [0.2, 0.25) is 0 Å². The highest BCUT2D eigenvalue weighted by atomic mass is 32.2. The summed E-state index contributed by atoms with van der Waals surface area (Å²) in [6.07, 6.45) is 3.99. The predicted molar refractivity (Wildman–Crippen MR) is 104 cm³/mol. The lowest BCUT2D eigenvalue weighted by Gasteiger charge is -2.16. The van der Waals surface area contributed by atoms with Crippen molar-refractivity contribution in [1.82, 2.24) is 14.7 Å². The summed E-state index contributed by atoms with van der Waals surface area (Å²) < 4.78 is 25.3. The van der Waals surface area contributed by atoms with Crippen molar-refractivity contribution in [2.24, 2.45) is 0 Å². The zero-order chi connectivity index (χ0) is 18.9. The van der Waals surface area contributed by atoms with E-state index in [4.69, 9.17) is 0 Å². The van der Waals surface area contributed by atoms with Gasteiger partial charge in [-0.25, -0.2) is 8.42 Å². The quantitative estimate of drug-likeness (QED) is 0.732. The molecule has 0 bridgehead atoms. The number of amides is 1. The van der Waals surface area contributed by atoms with Crippen molar-refractivity contribution in [3.8, 4) is 0 Å². The molecule has 2 aromatic rings. The van der Waals surface area contributed by atoms with E-state index >= 15 is 0 Å². The van der Waals surface area contributed by atoms with Crippen molar-refractivity contribution in [3.63, 3.8) is 0 Å². The number of hydrogen-bond donors (Lipinski definition) is 0. The maximum atomic E-state index is 12.4. The highest BCUT2D eigenvalue weighted by Gasteiger charge is 2.31. The van der Waals surface area contributed by atoms with Gasteiger partial charge in [0.1, 0.15) is 0 Å². The predicted octanol–water partition coefficient (Wildman–Crippen LogP) is 2.59. The molecule has 3 rings (SSSR count). The molecular formula is C18H23N3O3S2. The number of likely N-dealkylation sites (N-methyl/N-ethyl adjacent to an activating group) is 1. The third kappa shape index (κ3) is 4.07. The van der Waals surface area contributed by atoms with Gasteiger partial charge in [0.15, 0.2) is 9.84 Å². The van der Waals surface area contributed by atoms with Crippen LogP contribution in [0, 0.1) is 13.8 Å². The number of hydrogen-bond acceptors (Lipinski definition) is 5. The molecule has 26 heavy (non-hydrogen) atoms. The number of aromatic nitrogens is 2. The monoisotopic (exact) mass is 393 g/mol. The fraction of sp³-hybridized carbons (Fsp3) is 0.444. The van der Waals surface area contributed by atoms with E-state index in [1.807, 2.05) is 42.1 Å². The summed E-state index contributed by atoms with van der Waals surface area (Å²) >= 11 is 1.58. The smallest absolute Gasteiger partial charge is 0.246 e. The SMILES string of the molecule is Cc1nn([C@@H]2CCS(=O)(=O)C2)c(C)c1CN(C)C(=O)/C=C/c1cccs1. The summed E-state index contributed by atoms with van der Waals surface area (Å²) in [5.74, 6) is 0.289. The molecule has 1 amide bonds. The Labute approximate surface area is 158 Å². The second-order valence-electron chi connectivity index (χ2n) is 6.69. The second-order valence-corrected chi connectivity index (χ2v) is 9.90. The van der Waals surface area contributed by atoms with Crippen LogP contribution in [0.4, 0.5) is 0 Å². The van der Waals surface area contributed by atoms with Gasteiger partial charge in [-0.1, -0.05) is 6.07 Å². The summed E-state index contributed by atoms with van der Waals surface area (Å²) in [5.41, 5.74) is 2.76. The van der Waals surface area contributed by atoms with E-state index in [9.17, 15) is 13.2 Å². The van der Waals surface area contributed by atoms with E-state index in [-0.39, 0.29) is 23.5 Å². The summed E-state index contributed by atoms with van der Waals surface area (Å²) in [6.45, 7) is 4.30. The number of thiophene rings is 1. The molecule has 0 aliphatic carbocycles. The molecule has 0 spiro atoms. The number of nitrogens with zero attached hydrogens (tertiary/aromatic N) is 3. The van der Waals surface area contributed by atoms with Gasteiger partial charge in [-0.2, -0.15) is 5.10 Å². The highest BCUT2D eigenvalue weighted by Crippen LogP contribution is 2.27. The molecule has 8 heteroatoms. The summed E-state index contributed by atoms with van der Waals surface area (Å²) in [6, 6.07) is 3.80. The lowest BCUT2D eigenvalue weighted by atomic mass is 10.1. The molecule has 0 unspecified atom stereocenters. The van der Waals surface area contributed by atoms with E-state index in [1.165, 1.54) is 0 Å². The first-order valence-electron chi connectivity index (χ1n) is 8.48. The normalized spacial score (nSPS) is 19.3. The van der Waals surface area contributed by atoms with E-state index in [1.54, 1.807) is 29.4 Å². The molecule has 2 aromatic heterocycles. The molecule has 1 aliphatic rings. The Morgan fingerprint density at radius 3 is 2.85 bits per heavy atom. The minimum absolute atomic E-state index is 0.0756. The van der Waals surface area contributed by atoms with Gasteiger partial charge in [-0.05, 0) is 37.8 Å². The molecule has 3 heterocycles. The van der Waals surface area contributed by atoms with Crippen LogP contribution in [0.3, 0.4) is 0 Å². The van der Waals surface area contributed by atoms with Gasteiger partial charge in [-0.15, -0.1) is 11.3 Å². The van der Waals surface area contributed by atoms with Gasteiger partial charge in [0.05, 0.1) is 23.2 Å². The highest BCUT2D eigenvalue weighted by molar-refractivity contribution is 7.91. The number of carbonyl (C=O) groups is 1. The topological polar surface area (TPSA) is 72.3 Å². The van der Waals surface area contributed by atoms with Gasteiger partial charge in [0.25, 0.3) is 0 Å². The third-order valence-corrected chi connectivity index (χ3v) is 7.32. The van der Waals surface area contributed by atoms with Crippen molar-refractivity contribution >= 4 is 33.2 Å². The molecule has 0 radical (unpaired) electrons. The van der Waals surface area contributed by atoms with Crippen molar-refractivity contribution in [3.05, 3.63) is 45.4 Å². The molecule has 1 fully saturated rings. The van der Waals surface area contributed by atoms with Crippen LogP contribution in [0.5, 0.6) is 0 Å². The van der Waals surface area contributed by atoms with Crippen molar-refractivity contribution in [1.29, 1.82) is 0 Å². The molecule has 0 aromatic carbocycles. The molecule has 1 aliphatic heterocycles. The Kier molecular flexibility index (Phi) is 5.34. The maximum Gasteiger partial charge on any atom is 0.246 e. The van der Waals surface area contributed by atoms with E-state index < -0.39 is 9.84 Å². The van der Waals surface area contributed by atoms with Crippen LogP contribution in [-0.4, -0.2) is 47.6 Å². The Morgan fingerprint density at radius 1 is 1.46 bits per heavy atom. The average Bonchev–Trinajstić information content (AvgIpc) is 3.28. The van der Waals surface area contributed by atoms with Crippen molar-refractivity contribution in [2.45, 2.75) is 32.9 Å².